The van der Waals surface area contributed by atoms with Crippen LogP contribution < -0.4 is 10.9 Å². The van der Waals surface area contributed by atoms with E-state index >= 15 is 0 Å². The van der Waals surface area contributed by atoms with E-state index in [1.807, 2.05) is 37.4 Å². The SMILES string of the molecule is Cc1ccc(-c2csc(NC(=O)Cn3cnc4c(C)cn(C)c(=O)c43)n2)cc1Cl. The number of aromatic nitrogens is 4. The molecule has 0 fully saturated rings. The van der Waals surface area contributed by atoms with Crippen LogP contribution in [0, 0.1) is 13.8 Å². The van der Waals surface area contributed by atoms with Crippen LogP contribution in [-0.2, 0) is 18.4 Å². The largest absolute Gasteiger partial charge is 0.317 e. The lowest BCUT2D eigenvalue weighted by atomic mass is 10.1. The molecule has 0 aliphatic carbocycles. The van der Waals surface area contributed by atoms with E-state index in [0.29, 0.717) is 21.2 Å². The number of rotatable bonds is 4. The highest BCUT2D eigenvalue weighted by atomic mass is 35.5. The van der Waals surface area contributed by atoms with Crippen LogP contribution in [0.2, 0.25) is 5.02 Å². The Morgan fingerprint density at radius 1 is 1.28 bits per heavy atom. The van der Waals surface area contributed by atoms with Gasteiger partial charge in [-0.1, -0.05) is 23.7 Å². The molecule has 0 radical (unpaired) electrons. The fourth-order valence-electron chi connectivity index (χ4n) is 3.12. The van der Waals surface area contributed by atoms with Crippen molar-refractivity contribution in [2.75, 3.05) is 5.32 Å². The average molecular weight is 428 g/mol. The molecule has 1 aromatic carbocycles. The monoisotopic (exact) mass is 427 g/mol. The Bertz CT molecular complexity index is 1300. The Balaban J connectivity index is 1.54. The van der Waals surface area contributed by atoms with Gasteiger partial charge in [0.2, 0.25) is 5.91 Å². The van der Waals surface area contributed by atoms with Crippen LogP contribution in [0.5, 0.6) is 0 Å². The smallest absolute Gasteiger partial charge is 0.276 e. The quantitative estimate of drug-likeness (QED) is 0.537. The van der Waals surface area contributed by atoms with E-state index < -0.39 is 0 Å². The molecule has 29 heavy (non-hydrogen) atoms. The zero-order chi connectivity index (χ0) is 20.7. The number of halogens is 1. The number of nitrogens with zero attached hydrogens (tertiary/aromatic N) is 4. The number of thiazole rings is 1. The lowest BCUT2D eigenvalue weighted by Crippen LogP contribution is -2.23. The van der Waals surface area contributed by atoms with E-state index in [1.165, 1.54) is 22.2 Å². The Hall–Kier alpha value is -2.97. The van der Waals surface area contributed by atoms with Crippen molar-refractivity contribution in [1.82, 2.24) is 19.1 Å². The molecule has 0 unspecified atom stereocenters. The van der Waals surface area contributed by atoms with Crippen LogP contribution in [0.25, 0.3) is 22.3 Å². The number of hydrogen-bond acceptors (Lipinski definition) is 5. The lowest BCUT2D eigenvalue weighted by Gasteiger charge is -2.06. The third kappa shape index (κ3) is 3.68. The Kier molecular flexibility index (Phi) is 4.97. The number of carbonyl (C=O) groups is 1. The predicted molar refractivity (Wildman–Crippen MR) is 116 cm³/mol. The summed E-state index contributed by atoms with van der Waals surface area (Å²) in [6.07, 6.45) is 3.25. The number of anilines is 1. The highest BCUT2D eigenvalue weighted by molar-refractivity contribution is 7.14. The lowest BCUT2D eigenvalue weighted by molar-refractivity contribution is -0.116. The number of aryl methyl sites for hydroxylation is 3. The van der Waals surface area contributed by atoms with E-state index in [4.69, 9.17) is 11.6 Å². The molecule has 0 bridgehead atoms. The van der Waals surface area contributed by atoms with Gasteiger partial charge in [-0.3, -0.25) is 9.59 Å². The summed E-state index contributed by atoms with van der Waals surface area (Å²) >= 11 is 7.52. The van der Waals surface area contributed by atoms with Gasteiger partial charge in [0.1, 0.15) is 12.1 Å². The predicted octanol–water partition coefficient (Wildman–Crippen LogP) is 3.77. The van der Waals surface area contributed by atoms with Gasteiger partial charge in [-0.15, -0.1) is 11.3 Å². The highest BCUT2D eigenvalue weighted by Gasteiger charge is 2.15. The van der Waals surface area contributed by atoms with Gasteiger partial charge < -0.3 is 14.5 Å². The van der Waals surface area contributed by atoms with Crippen molar-refractivity contribution in [2.24, 2.45) is 7.05 Å². The zero-order valence-electron chi connectivity index (χ0n) is 16.1. The molecule has 0 saturated carbocycles. The van der Waals surface area contributed by atoms with E-state index in [1.54, 1.807) is 17.8 Å². The van der Waals surface area contributed by atoms with Crippen molar-refractivity contribution in [3.05, 3.63) is 62.6 Å². The second-order valence-electron chi connectivity index (χ2n) is 6.85. The number of carbonyl (C=O) groups excluding carboxylic acids is 1. The molecule has 1 N–H and O–H groups in total. The van der Waals surface area contributed by atoms with Crippen LogP contribution in [-0.4, -0.2) is 25.0 Å². The molecule has 0 atom stereocenters. The number of pyridine rings is 1. The number of hydrogen-bond donors (Lipinski definition) is 1. The number of imidazole rings is 1. The maximum absolute atomic E-state index is 12.5. The Morgan fingerprint density at radius 2 is 2.07 bits per heavy atom. The van der Waals surface area contributed by atoms with Crippen molar-refractivity contribution in [1.29, 1.82) is 0 Å². The summed E-state index contributed by atoms with van der Waals surface area (Å²) in [6, 6.07) is 5.73. The first-order chi connectivity index (χ1) is 13.8. The zero-order valence-corrected chi connectivity index (χ0v) is 17.6. The second kappa shape index (κ2) is 7.46. The Labute approximate surface area is 175 Å². The highest BCUT2D eigenvalue weighted by Crippen LogP contribution is 2.28. The first-order valence-corrected chi connectivity index (χ1v) is 10.1. The van der Waals surface area contributed by atoms with Gasteiger partial charge in [-0.05, 0) is 31.0 Å². The third-order valence-corrected chi connectivity index (χ3v) is 5.82. The first kappa shape index (κ1) is 19.4. The van der Waals surface area contributed by atoms with Crippen LogP contribution >= 0.6 is 22.9 Å². The first-order valence-electron chi connectivity index (χ1n) is 8.86. The summed E-state index contributed by atoms with van der Waals surface area (Å²) in [6.45, 7) is 3.79. The minimum Gasteiger partial charge on any atom is -0.317 e. The molecular weight excluding hydrogens is 410 g/mol. The average Bonchev–Trinajstić information content (AvgIpc) is 3.30. The number of amides is 1. The fraction of sp³-hybridized carbons (Fsp3) is 0.200. The van der Waals surface area contributed by atoms with Crippen molar-refractivity contribution in [3.63, 3.8) is 0 Å². The Morgan fingerprint density at radius 3 is 2.83 bits per heavy atom. The summed E-state index contributed by atoms with van der Waals surface area (Å²) in [4.78, 5) is 33.7. The van der Waals surface area contributed by atoms with Crippen molar-refractivity contribution >= 4 is 45.0 Å². The maximum Gasteiger partial charge on any atom is 0.276 e. The summed E-state index contributed by atoms with van der Waals surface area (Å²) < 4.78 is 3.06. The standard InChI is InChI=1S/C20H18ClN5O2S/c1-11-4-5-13(6-14(11)21)15-9-29-20(23-15)24-16(27)8-26-10-22-17-12(2)7-25(3)19(28)18(17)26/h4-7,9-10H,8H2,1-3H3,(H,23,24,27). The topological polar surface area (TPSA) is 81.8 Å². The minimum atomic E-state index is -0.282. The van der Waals surface area contributed by atoms with Gasteiger partial charge in [0.05, 0.1) is 17.5 Å². The molecule has 3 aromatic heterocycles. The normalized spacial score (nSPS) is 11.2. The van der Waals surface area contributed by atoms with E-state index in [9.17, 15) is 9.59 Å². The van der Waals surface area contributed by atoms with Crippen molar-refractivity contribution < 1.29 is 4.79 Å². The maximum atomic E-state index is 12.5. The molecule has 0 aliphatic heterocycles. The molecule has 148 valence electrons. The molecule has 3 heterocycles. The van der Waals surface area contributed by atoms with Gasteiger partial charge >= 0.3 is 0 Å². The molecule has 9 heteroatoms. The number of fused-ring (bicyclic) bond motifs is 1. The molecule has 4 aromatic rings. The van der Waals surface area contributed by atoms with Gasteiger partial charge in [0, 0.05) is 29.2 Å². The third-order valence-electron chi connectivity index (χ3n) is 4.65. The van der Waals surface area contributed by atoms with Gasteiger partial charge in [-0.2, -0.15) is 0 Å². The summed E-state index contributed by atoms with van der Waals surface area (Å²) in [7, 11) is 1.68. The molecule has 7 nitrogen and oxygen atoms in total. The molecule has 0 aliphatic rings. The molecule has 4 rings (SSSR count). The molecule has 0 saturated heterocycles. The van der Waals surface area contributed by atoms with Crippen LogP contribution in [0.3, 0.4) is 0 Å². The van der Waals surface area contributed by atoms with Gasteiger partial charge in [0.15, 0.2) is 5.13 Å². The minimum absolute atomic E-state index is 0.0273. The van der Waals surface area contributed by atoms with E-state index in [0.717, 1.165) is 22.4 Å². The number of benzene rings is 1. The summed E-state index contributed by atoms with van der Waals surface area (Å²) in [5.74, 6) is -0.282. The van der Waals surface area contributed by atoms with Crippen LogP contribution in [0.15, 0.2) is 40.9 Å². The second-order valence-corrected chi connectivity index (χ2v) is 8.11. The van der Waals surface area contributed by atoms with Crippen molar-refractivity contribution in [3.8, 4) is 11.3 Å². The fourth-order valence-corrected chi connectivity index (χ4v) is 4.04. The van der Waals surface area contributed by atoms with Gasteiger partial charge in [-0.25, -0.2) is 9.97 Å². The van der Waals surface area contributed by atoms with E-state index in [2.05, 4.69) is 15.3 Å². The summed E-state index contributed by atoms with van der Waals surface area (Å²) in [5.41, 5.74) is 4.33. The molecular formula is C20H18ClN5O2S. The van der Waals surface area contributed by atoms with Crippen LogP contribution in [0.1, 0.15) is 11.1 Å². The van der Waals surface area contributed by atoms with Crippen LogP contribution in [0.4, 0.5) is 5.13 Å². The van der Waals surface area contributed by atoms with Crippen molar-refractivity contribution in [2.45, 2.75) is 20.4 Å². The number of nitrogens with one attached hydrogen (secondary N) is 1. The summed E-state index contributed by atoms with van der Waals surface area (Å²) in [5, 5.41) is 5.80. The molecule has 0 spiro atoms. The van der Waals surface area contributed by atoms with Gasteiger partial charge in [0.25, 0.3) is 5.56 Å². The molecule has 1 amide bonds. The van der Waals surface area contributed by atoms with E-state index in [-0.39, 0.29) is 18.0 Å².